The molecule has 6 nitrogen and oxygen atoms in total. The first kappa shape index (κ1) is 28.8. The molecule has 0 aliphatic rings. The summed E-state index contributed by atoms with van der Waals surface area (Å²) in [6, 6.07) is 5.67. The van der Waals surface area contributed by atoms with Gasteiger partial charge in [-0.05, 0) is 25.0 Å². The number of hydrogen-bond acceptors (Lipinski definition) is 5. The Balaban J connectivity index is 0.00000281. The molecule has 2 rings (SSSR count). The minimum absolute atomic E-state index is 0.106. The lowest BCUT2D eigenvalue weighted by Gasteiger charge is -2.23. The molecule has 188 valence electrons. The van der Waals surface area contributed by atoms with Gasteiger partial charge in [0.2, 0.25) is 5.91 Å². The summed E-state index contributed by atoms with van der Waals surface area (Å²) in [6.45, 7) is 7.02. The van der Waals surface area contributed by atoms with Crippen LogP contribution in [0.15, 0.2) is 54.4 Å². The fourth-order valence-electron chi connectivity index (χ4n) is 2.87. The number of amides is 1. The highest BCUT2D eigenvalue weighted by Gasteiger charge is 2.31. The summed E-state index contributed by atoms with van der Waals surface area (Å²) in [7, 11) is 0. The van der Waals surface area contributed by atoms with Crippen molar-refractivity contribution in [3.8, 4) is 5.75 Å². The molecule has 0 unspecified atom stereocenters. The minimum Gasteiger partial charge on any atom is -0.435 e. The zero-order valence-electron chi connectivity index (χ0n) is 18.9. The van der Waals surface area contributed by atoms with E-state index in [1.807, 2.05) is 0 Å². The standard InChI is InChI=1S/C21H24F5N3O3.C2H4/c1-14(22)10-11-18(30)29(15-7-6-8-16(13-15)31-20(23)24)12-5-3-4-9-17-27-19(32-28-17)21(2,25)26;1-2/h6-8,13,20H,1,3-5,9-12H2,2H3;1-2H2. The van der Waals surface area contributed by atoms with Gasteiger partial charge in [-0.15, -0.1) is 13.2 Å². The van der Waals surface area contributed by atoms with Crippen molar-refractivity contribution in [1.82, 2.24) is 10.1 Å². The van der Waals surface area contributed by atoms with Crippen LogP contribution in [-0.2, 0) is 17.1 Å². The van der Waals surface area contributed by atoms with Gasteiger partial charge in [-0.25, -0.2) is 4.39 Å². The first-order valence-electron chi connectivity index (χ1n) is 10.5. The van der Waals surface area contributed by atoms with Gasteiger partial charge in [0, 0.05) is 44.5 Å². The predicted octanol–water partition coefficient (Wildman–Crippen LogP) is 6.59. The molecule has 0 aliphatic heterocycles. The number of nitrogens with zero attached hydrogens (tertiary/aromatic N) is 3. The number of alkyl halides is 4. The van der Waals surface area contributed by atoms with Crippen LogP contribution in [0, 0.1) is 0 Å². The highest BCUT2D eigenvalue weighted by Crippen LogP contribution is 2.26. The van der Waals surface area contributed by atoms with Crippen LogP contribution in [0.25, 0.3) is 0 Å². The molecule has 1 aromatic heterocycles. The Hall–Kier alpha value is -3.24. The SMILES string of the molecule is C=C.C=C(F)CCC(=O)N(CCCCCc1noc(C(C)(F)F)n1)c1cccc(OC(F)F)c1. The summed E-state index contributed by atoms with van der Waals surface area (Å²) in [5.74, 6) is -4.93. The molecule has 0 fully saturated rings. The number of unbranched alkanes of at least 4 members (excludes halogenated alkanes) is 2. The van der Waals surface area contributed by atoms with Crippen molar-refractivity contribution in [3.05, 3.63) is 61.5 Å². The third-order valence-electron chi connectivity index (χ3n) is 4.39. The molecule has 0 radical (unpaired) electrons. The average Bonchev–Trinajstić information content (AvgIpc) is 3.25. The quantitative estimate of drug-likeness (QED) is 0.180. The van der Waals surface area contributed by atoms with Crippen LogP contribution < -0.4 is 9.64 Å². The molecule has 0 atom stereocenters. The van der Waals surface area contributed by atoms with Gasteiger partial charge in [0.05, 0.1) is 5.83 Å². The maximum atomic E-state index is 13.1. The monoisotopic (exact) mass is 489 g/mol. The Labute approximate surface area is 195 Å². The maximum absolute atomic E-state index is 13.1. The highest BCUT2D eigenvalue weighted by atomic mass is 19.3. The minimum atomic E-state index is -3.21. The second-order valence-corrected chi connectivity index (χ2v) is 7.15. The van der Waals surface area contributed by atoms with Crippen LogP contribution in [0.3, 0.4) is 0 Å². The van der Waals surface area contributed by atoms with Gasteiger partial charge in [-0.3, -0.25) is 4.79 Å². The number of halogens is 5. The zero-order valence-corrected chi connectivity index (χ0v) is 18.9. The van der Waals surface area contributed by atoms with Gasteiger partial charge >= 0.3 is 12.5 Å². The fourth-order valence-corrected chi connectivity index (χ4v) is 2.87. The van der Waals surface area contributed by atoms with Crippen LogP contribution in [0.2, 0.25) is 0 Å². The number of ether oxygens (including phenoxy) is 1. The molecule has 0 spiro atoms. The van der Waals surface area contributed by atoms with Gasteiger partial charge in [-0.2, -0.15) is 22.5 Å². The third kappa shape index (κ3) is 10.1. The molecule has 1 aromatic carbocycles. The smallest absolute Gasteiger partial charge is 0.387 e. The molecule has 0 bridgehead atoms. The summed E-state index contributed by atoms with van der Waals surface area (Å²) < 4.78 is 73.2. The van der Waals surface area contributed by atoms with E-state index in [1.54, 1.807) is 6.07 Å². The molecule has 1 amide bonds. The van der Waals surface area contributed by atoms with Gasteiger partial charge in [0.1, 0.15) is 5.75 Å². The van der Waals surface area contributed by atoms with E-state index in [4.69, 9.17) is 0 Å². The van der Waals surface area contributed by atoms with E-state index in [1.165, 1.54) is 23.1 Å². The Morgan fingerprint density at radius 3 is 2.50 bits per heavy atom. The van der Waals surface area contributed by atoms with E-state index in [-0.39, 0.29) is 31.0 Å². The number of allylic oxidation sites excluding steroid dienone is 1. The van der Waals surface area contributed by atoms with Crippen molar-refractivity contribution in [3.63, 3.8) is 0 Å². The van der Waals surface area contributed by atoms with Crippen molar-refractivity contribution >= 4 is 11.6 Å². The Bertz CT molecular complexity index is 915. The molecule has 0 N–H and O–H groups in total. The number of rotatable bonds is 13. The number of carbonyl (C=O) groups excluding carboxylic acids is 1. The number of hydrogen-bond donors (Lipinski definition) is 0. The number of aryl methyl sites for hydroxylation is 1. The van der Waals surface area contributed by atoms with Crippen molar-refractivity contribution in [1.29, 1.82) is 0 Å². The summed E-state index contributed by atoms with van der Waals surface area (Å²) in [5, 5.41) is 3.52. The van der Waals surface area contributed by atoms with Crippen LogP contribution in [-0.4, -0.2) is 29.2 Å². The Morgan fingerprint density at radius 1 is 1.21 bits per heavy atom. The predicted molar refractivity (Wildman–Crippen MR) is 118 cm³/mol. The molecule has 34 heavy (non-hydrogen) atoms. The molecule has 0 saturated carbocycles. The lowest BCUT2D eigenvalue weighted by atomic mass is 10.1. The van der Waals surface area contributed by atoms with Crippen LogP contribution >= 0.6 is 0 Å². The van der Waals surface area contributed by atoms with Gasteiger partial charge in [0.25, 0.3) is 5.89 Å². The Kier molecular flexibility index (Phi) is 12.0. The topological polar surface area (TPSA) is 68.5 Å². The number of anilines is 1. The molecular formula is C23H28F5N3O3. The third-order valence-corrected chi connectivity index (χ3v) is 4.39. The average molecular weight is 489 g/mol. The molecule has 0 saturated heterocycles. The second-order valence-electron chi connectivity index (χ2n) is 7.15. The van der Waals surface area contributed by atoms with Gasteiger partial charge in [-0.1, -0.05) is 24.2 Å². The number of carbonyl (C=O) groups is 1. The van der Waals surface area contributed by atoms with Crippen LogP contribution in [0.4, 0.5) is 27.6 Å². The summed E-state index contributed by atoms with van der Waals surface area (Å²) >= 11 is 0. The lowest BCUT2D eigenvalue weighted by molar-refractivity contribution is -0.118. The maximum Gasteiger partial charge on any atom is 0.387 e. The first-order chi connectivity index (χ1) is 16.1. The largest absolute Gasteiger partial charge is 0.435 e. The van der Waals surface area contributed by atoms with Gasteiger partial charge in [0.15, 0.2) is 5.82 Å². The summed E-state index contributed by atoms with van der Waals surface area (Å²) in [5.41, 5.74) is 0.339. The highest BCUT2D eigenvalue weighted by molar-refractivity contribution is 5.93. The molecule has 11 heteroatoms. The van der Waals surface area contributed by atoms with Crippen molar-refractivity contribution in [2.45, 2.75) is 58.0 Å². The molecule has 2 aromatic rings. The zero-order chi connectivity index (χ0) is 25.7. The summed E-state index contributed by atoms with van der Waals surface area (Å²) in [6.07, 6.45) is 1.69. The Morgan fingerprint density at radius 2 is 1.91 bits per heavy atom. The van der Waals surface area contributed by atoms with Gasteiger partial charge < -0.3 is 14.2 Å². The van der Waals surface area contributed by atoms with Crippen LogP contribution in [0.5, 0.6) is 5.75 Å². The summed E-state index contributed by atoms with van der Waals surface area (Å²) in [4.78, 5) is 17.6. The van der Waals surface area contributed by atoms with E-state index in [0.717, 1.165) is 0 Å². The fraction of sp³-hybridized carbons (Fsp3) is 0.435. The van der Waals surface area contributed by atoms with Crippen molar-refractivity contribution < 1.29 is 36.0 Å². The van der Waals surface area contributed by atoms with E-state index >= 15 is 0 Å². The van der Waals surface area contributed by atoms with E-state index in [0.29, 0.717) is 38.3 Å². The van der Waals surface area contributed by atoms with E-state index < -0.39 is 30.2 Å². The van der Waals surface area contributed by atoms with E-state index in [9.17, 15) is 26.7 Å². The van der Waals surface area contributed by atoms with E-state index in [2.05, 4.69) is 39.1 Å². The lowest BCUT2D eigenvalue weighted by Crippen LogP contribution is -2.31. The number of aromatic nitrogens is 2. The second kappa shape index (κ2) is 14.1. The molecular weight excluding hydrogens is 461 g/mol. The normalized spacial score (nSPS) is 11.0. The first-order valence-corrected chi connectivity index (χ1v) is 10.5. The molecule has 0 aliphatic carbocycles. The molecule has 1 heterocycles. The van der Waals surface area contributed by atoms with Crippen molar-refractivity contribution in [2.24, 2.45) is 0 Å². The number of benzene rings is 1. The van der Waals surface area contributed by atoms with Crippen molar-refractivity contribution in [2.75, 3.05) is 11.4 Å². The van der Waals surface area contributed by atoms with Crippen LogP contribution in [0.1, 0.15) is 50.7 Å².